The molecule has 2 bridgehead atoms. The van der Waals surface area contributed by atoms with E-state index in [-0.39, 0.29) is 35.7 Å². The molecular formula is C21H32N4O4S. The largest absolute Gasteiger partial charge is 0.360 e. The highest BCUT2D eigenvalue weighted by atomic mass is 32.2. The lowest BCUT2D eigenvalue weighted by atomic mass is 9.99. The van der Waals surface area contributed by atoms with Crippen LogP contribution in [0.15, 0.2) is 10.6 Å². The number of nitrogens with zero attached hydrogens (tertiary/aromatic N) is 3. The van der Waals surface area contributed by atoms with E-state index in [0.717, 1.165) is 57.4 Å². The molecule has 3 saturated heterocycles. The van der Waals surface area contributed by atoms with Crippen LogP contribution in [-0.2, 0) is 10.0 Å². The van der Waals surface area contributed by atoms with E-state index in [1.807, 2.05) is 0 Å². The van der Waals surface area contributed by atoms with Gasteiger partial charge >= 0.3 is 0 Å². The van der Waals surface area contributed by atoms with E-state index in [1.165, 1.54) is 0 Å². The Bertz CT molecular complexity index is 875. The van der Waals surface area contributed by atoms with Crippen molar-refractivity contribution in [2.45, 2.75) is 75.4 Å². The summed E-state index contributed by atoms with van der Waals surface area (Å²) in [6.45, 7) is 1.96. The molecule has 166 valence electrons. The Labute approximate surface area is 178 Å². The summed E-state index contributed by atoms with van der Waals surface area (Å²) in [6, 6.07) is 1.75. The third-order valence-electron chi connectivity index (χ3n) is 7.35. The first kappa shape index (κ1) is 20.5. The number of hydrogen-bond acceptors (Lipinski definition) is 6. The molecule has 0 aromatic carbocycles. The van der Waals surface area contributed by atoms with Crippen LogP contribution in [0, 0.1) is 5.92 Å². The molecule has 5 rings (SSSR count). The molecule has 4 aliphatic rings. The number of carbonyl (C=O) groups excluding carboxylic acids is 1. The van der Waals surface area contributed by atoms with Gasteiger partial charge in [0.2, 0.25) is 10.0 Å². The summed E-state index contributed by atoms with van der Waals surface area (Å²) >= 11 is 0. The van der Waals surface area contributed by atoms with Gasteiger partial charge in [-0.15, -0.1) is 0 Å². The van der Waals surface area contributed by atoms with E-state index in [0.29, 0.717) is 24.5 Å². The van der Waals surface area contributed by atoms with Gasteiger partial charge < -0.3 is 14.7 Å². The molecule has 0 radical (unpaired) electrons. The third kappa shape index (κ3) is 4.16. The zero-order chi connectivity index (χ0) is 20.9. The second kappa shape index (κ2) is 7.91. The summed E-state index contributed by atoms with van der Waals surface area (Å²) in [7, 11) is -1.17. The van der Waals surface area contributed by atoms with Crippen molar-refractivity contribution in [2.24, 2.45) is 5.92 Å². The van der Waals surface area contributed by atoms with E-state index in [9.17, 15) is 13.2 Å². The van der Waals surface area contributed by atoms with Crippen LogP contribution in [0.2, 0.25) is 0 Å². The number of aromatic nitrogens is 1. The molecule has 8 nitrogen and oxygen atoms in total. The first-order valence-electron chi connectivity index (χ1n) is 11.4. The number of sulfonamides is 1. The maximum atomic E-state index is 13.2. The maximum Gasteiger partial charge on any atom is 0.273 e. The minimum absolute atomic E-state index is 0.00430. The quantitative estimate of drug-likeness (QED) is 0.732. The number of nitrogens with one attached hydrogen (secondary N) is 1. The van der Waals surface area contributed by atoms with E-state index in [1.54, 1.807) is 10.4 Å². The molecule has 1 aliphatic carbocycles. The minimum Gasteiger partial charge on any atom is -0.360 e. The molecule has 1 amide bonds. The van der Waals surface area contributed by atoms with Gasteiger partial charge in [-0.3, -0.25) is 4.79 Å². The lowest BCUT2D eigenvalue weighted by Gasteiger charge is -2.39. The monoisotopic (exact) mass is 436 g/mol. The van der Waals surface area contributed by atoms with Crippen LogP contribution in [0.25, 0.3) is 0 Å². The predicted molar refractivity (Wildman–Crippen MR) is 112 cm³/mol. The topological polar surface area (TPSA) is 95.8 Å². The Balaban J connectivity index is 1.19. The van der Waals surface area contributed by atoms with Crippen molar-refractivity contribution in [3.05, 3.63) is 17.5 Å². The molecular weight excluding hydrogens is 404 g/mol. The summed E-state index contributed by atoms with van der Waals surface area (Å²) in [5, 5.41) is 7.00. The lowest BCUT2D eigenvalue weighted by Crippen LogP contribution is -2.53. The van der Waals surface area contributed by atoms with Crippen LogP contribution < -0.4 is 5.32 Å². The number of rotatable bonds is 6. The van der Waals surface area contributed by atoms with E-state index >= 15 is 0 Å². The van der Waals surface area contributed by atoms with Crippen molar-refractivity contribution in [2.75, 3.05) is 25.9 Å². The van der Waals surface area contributed by atoms with Crippen molar-refractivity contribution in [3.63, 3.8) is 0 Å². The predicted octanol–water partition coefficient (Wildman–Crippen LogP) is 1.95. The van der Waals surface area contributed by atoms with Crippen molar-refractivity contribution < 1.29 is 17.7 Å². The Morgan fingerprint density at radius 2 is 1.80 bits per heavy atom. The van der Waals surface area contributed by atoms with E-state index in [2.05, 4.69) is 22.4 Å². The summed E-state index contributed by atoms with van der Waals surface area (Å²) in [6.07, 6.45) is 7.26. The first-order chi connectivity index (χ1) is 14.4. The number of amides is 1. The molecule has 1 aromatic heterocycles. The van der Waals surface area contributed by atoms with Gasteiger partial charge in [-0.25, -0.2) is 8.42 Å². The fourth-order valence-electron chi connectivity index (χ4n) is 5.53. The Kier molecular flexibility index (Phi) is 5.39. The van der Waals surface area contributed by atoms with Gasteiger partial charge in [0.1, 0.15) is 5.76 Å². The zero-order valence-electron chi connectivity index (χ0n) is 17.6. The molecule has 30 heavy (non-hydrogen) atoms. The van der Waals surface area contributed by atoms with E-state index < -0.39 is 10.0 Å². The van der Waals surface area contributed by atoms with Crippen LogP contribution in [0.5, 0.6) is 0 Å². The highest BCUT2D eigenvalue weighted by Gasteiger charge is 2.47. The molecule has 0 spiro atoms. The van der Waals surface area contributed by atoms with Crippen molar-refractivity contribution in [3.8, 4) is 0 Å². The Hall–Kier alpha value is -1.45. The molecule has 3 atom stereocenters. The molecule has 4 fully saturated rings. The molecule has 1 N–H and O–H groups in total. The number of piperidine rings is 2. The Morgan fingerprint density at radius 1 is 1.13 bits per heavy atom. The summed E-state index contributed by atoms with van der Waals surface area (Å²) in [5.74, 6) is 1.55. The standard InChI is InChI=1S/C21H32N4O4S/c1-24-8-6-14(7-9-24)13-30(27,28)25-17-4-5-18(25)11-16(10-17)22-21(26)19-12-20(29-23-19)15-2-3-15/h12,14-18H,2-11,13H2,1H3,(H,22,26)/t16-,17-,18+. The number of likely N-dealkylation sites (tertiary alicyclic amines) is 1. The zero-order valence-corrected chi connectivity index (χ0v) is 18.4. The fourth-order valence-corrected chi connectivity index (χ4v) is 7.93. The minimum atomic E-state index is -3.26. The normalized spacial score (nSPS) is 31.2. The lowest BCUT2D eigenvalue weighted by molar-refractivity contribution is 0.0900. The second-order valence-corrected chi connectivity index (χ2v) is 11.7. The van der Waals surface area contributed by atoms with Gasteiger partial charge in [-0.2, -0.15) is 4.31 Å². The average molecular weight is 437 g/mol. The first-order valence-corrected chi connectivity index (χ1v) is 13.0. The molecule has 0 unspecified atom stereocenters. The van der Waals surface area contributed by atoms with Gasteiger partial charge in [0.25, 0.3) is 5.91 Å². The average Bonchev–Trinajstić information content (AvgIpc) is 3.35. The second-order valence-electron chi connectivity index (χ2n) is 9.77. The SMILES string of the molecule is CN1CCC(CS(=O)(=O)N2[C@@H]3CC[C@H]2C[C@H](NC(=O)c2cc(C4CC4)on2)C3)CC1. The van der Waals surface area contributed by atoms with Gasteiger partial charge in [0.05, 0.1) is 5.75 Å². The Morgan fingerprint density at radius 3 is 2.43 bits per heavy atom. The van der Waals surface area contributed by atoms with Crippen LogP contribution in [0.3, 0.4) is 0 Å². The van der Waals surface area contributed by atoms with Crippen molar-refractivity contribution >= 4 is 15.9 Å². The summed E-state index contributed by atoms with van der Waals surface area (Å²) < 4.78 is 33.5. The number of carbonyl (C=O) groups is 1. The molecule has 1 aromatic rings. The molecule has 4 heterocycles. The van der Waals surface area contributed by atoms with Gasteiger partial charge in [0, 0.05) is 30.1 Å². The van der Waals surface area contributed by atoms with Crippen LogP contribution in [0.4, 0.5) is 0 Å². The summed E-state index contributed by atoms with van der Waals surface area (Å²) in [5.41, 5.74) is 0.335. The van der Waals surface area contributed by atoms with Crippen molar-refractivity contribution in [1.29, 1.82) is 0 Å². The van der Waals surface area contributed by atoms with Crippen LogP contribution in [-0.4, -0.2) is 72.7 Å². The highest BCUT2D eigenvalue weighted by molar-refractivity contribution is 7.89. The fraction of sp³-hybridized carbons (Fsp3) is 0.810. The van der Waals surface area contributed by atoms with Crippen molar-refractivity contribution in [1.82, 2.24) is 19.7 Å². The molecule has 3 aliphatic heterocycles. The number of fused-ring (bicyclic) bond motifs is 2. The highest BCUT2D eigenvalue weighted by Crippen LogP contribution is 2.41. The van der Waals surface area contributed by atoms with Crippen LogP contribution in [0.1, 0.15) is 73.5 Å². The summed E-state index contributed by atoms with van der Waals surface area (Å²) in [4.78, 5) is 14.9. The van der Waals surface area contributed by atoms with Gasteiger partial charge in [0.15, 0.2) is 5.69 Å². The molecule has 1 saturated carbocycles. The van der Waals surface area contributed by atoms with Crippen LogP contribution >= 0.6 is 0 Å². The molecule has 9 heteroatoms. The van der Waals surface area contributed by atoms with Gasteiger partial charge in [-0.05, 0) is 77.4 Å². The third-order valence-corrected chi connectivity index (χ3v) is 9.48. The number of hydrogen-bond donors (Lipinski definition) is 1. The smallest absolute Gasteiger partial charge is 0.273 e. The maximum absolute atomic E-state index is 13.2. The van der Waals surface area contributed by atoms with Gasteiger partial charge in [-0.1, -0.05) is 5.16 Å². The van der Waals surface area contributed by atoms with E-state index in [4.69, 9.17) is 4.52 Å².